The molecule has 0 bridgehead atoms. The van der Waals surface area contributed by atoms with Crippen molar-refractivity contribution in [2.45, 2.75) is 26.4 Å². The number of hydrogen-bond donors (Lipinski definition) is 1. The van der Waals surface area contributed by atoms with Crippen molar-refractivity contribution in [1.82, 2.24) is 15.1 Å². The fourth-order valence-electron chi connectivity index (χ4n) is 1.26. The minimum atomic E-state index is -0.670. The topological polar surface area (TPSA) is 72.0 Å². The molecule has 0 saturated carbocycles. The molecule has 0 aliphatic heterocycles. The summed E-state index contributed by atoms with van der Waals surface area (Å²) in [6, 6.07) is 3.73. The molecule has 0 aromatic carbocycles. The fraction of sp³-hybridized carbons (Fsp3) is 0.364. The molecule has 2 rings (SSSR count). The standard InChI is InChI=1S/C11H13N3O2/c1-3-9(15)10-13-11(16-14-10)8-5-4-7(2)12-6-8/h4-6,9,15H,3H2,1-2H3. The van der Waals surface area contributed by atoms with Gasteiger partial charge in [0.05, 0.1) is 5.56 Å². The van der Waals surface area contributed by atoms with Crippen LogP contribution in [0.15, 0.2) is 22.9 Å². The molecular formula is C11H13N3O2. The molecule has 16 heavy (non-hydrogen) atoms. The first-order chi connectivity index (χ1) is 7.70. The fourth-order valence-corrected chi connectivity index (χ4v) is 1.26. The number of aromatic nitrogens is 3. The van der Waals surface area contributed by atoms with E-state index in [9.17, 15) is 5.11 Å². The van der Waals surface area contributed by atoms with Crippen molar-refractivity contribution in [2.24, 2.45) is 0 Å². The first-order valence-electron chi connectivity index (χ1n) is 5.15. The third-order valence-electron chi connectivity index (χ3n) is 2.28. The number of aliphatic hydroxyl groups is 1. The number of pyridine rings is 1. The highest BCUT2D eigenvalue weighted by Gasteiger charge is 2.14. The van der Waals surface area contributed by atoms with Gasteiger partial charge in [0.15, 0.2) is 0 Å². The Morgan fingerprint density at radius 1 is 1.44 bits per heavy atom. The Kier molecular flexibility index (Phi) is 2.96. The minimum absolute atomic E-state index is 0.318. The predicted octanol–water partition coefficient (Wildman–Crippen LogP) is 1.88. The molecular weight excluding hydrogens is 206 g/mol. The maximum atomic E-state index is 9.53. The summed E-state index contributed by atoms with van der Waals surface area (Å²) in [4.78, 5) is 8.25. The van der Waals surface area contributed by atoms with Gasteiger partial charge < -0.3 is 9.63 Å². The van der Waals surface area contributed by atoms with Crippen LogP contribution in [0.2, 0.25) is 0 Å². The van der Waals surface area contributed by atoms with E-state index in [0.29, 0.717) is 18.1 Å². The van der Waals surface area contributed by atoms with E-state index < -0.39 is 6.10 Å². The Labute approximate surface area is 93.1 Å². The lowest BCUT2D eigenvalue weighted by molar-refractivity contribution is 0.159. The lowest BCUT2D eigenvalue weighted by Crippen LogP contribution is -1.97. The minimum Gasteiger partial charge on any atom is -0.385 e. The molecule has 0 fully saturated rings. The van der Waals surface area contributed by atoms with Gasteiger partial charge in [-0.2, -0.15) is 4.98 Å². The quantitative estimate of drug-likeness (QED) is 0.853. The first kappa shape index (κ1) is 10.8. The van der Waals surface area contributed by atoms with E-state index in [1.807, 2.05) is 26.0 Å². The van der Waals surface area contributed by atoms with Crippen LogP contribution in [0.3, 0.4) is 0 Å². The largest absolute Gasteiger partial charge is 0.385 e. The Bertz CT molecular complexity index is 464. The Morgan fingerprint density at radius 3 is 2.88 bits per heavy atom. The van der Waals surface area contributed by atoms with Crippen LogP contribution in [0.4, 0.5) is 0 Å². The molecule has 2 aromatic heterocycles. The van der Waals surface area contributed by atoms with Crippen LogP contribution in [0.25, 0.3) is 11.5 Å². The van der Waals surface area contributed by atoms with E-state index in [1.165, 1.54) is 0 Å². The van der Waals surface area contributed by atoms with Crippen molar-refractivity contribution in [3.05, 3.63) is 29.8 Å². The van der Waals surface area contributed by atoms with Crippen LogP contribution >= 0.6 is 0 Å². The zero-order valence-corrected chi connectivity index (χ0v) is 9.21. The summed E-state index contributed by atoms with van der Waals surface area (Å²) in [5.41, 5.74) is 1.68. The van der Waals surface area contributed by atoms with Crippen molar-refractivity contribution >= 4 is 0 Å². The zero-order valence-electron chi connectivity index (χ0n) is 9.21. The molecule has 0 spiro atoms. The third kappa shape index (κ3) is 2.09. The highest BCUT2D eigenvalue weighted by molar-refractivity contribution is 5.50. The molecule has 1 unspecified atom stereocenters. The Balaban J connectivity index is 2.28. The third-order valence-corrected chi connectivity index (χ3v) is 2.28. The second kappa shape index (κ2) is 4.40. The normalized spacial score (nSPS) is 12.7. The summed E-state index contributed by atoms with van der Waals surface area (Å²) in [5.74, 6) is 0.702. The first-order valence-corrected chi connectivity index (χ1v) is 5.15. The van der Waals surface area contributed by atoms with Gasteiger partial charge in [-0.05, 0) is 25.5 Å². The molecule has 0 radical (unpaired) electrons. The van der Waals surface area contributed by atoms with E-state index in [2.05, 4.69) is 15.1 Å². The average Bonchev–Trinajstić information content (AvgIpc) is 2.78. The molecule has 2 aromatic rings. The molecule has 84 valence electrons. The van der Waals surface area contributed by atoms with Crippen LogP contribution in [-0.4, -0.2) is 20.2 Å². The summed E-state index contributed by atoms with van der Waals surface area (Å²) in [6.45, 7) is 3.76. The van der Waals surface area contributed by atoms with Crippen LogP contribution < -0.4 is 0 Å². The molecule has 2 heterocycles. The SMILES string of the molecule is CCC(O)c1noc(-c2ccc(C)nc2)n1. The maximum Gasteiger partial charge on any atom is 0.259 e. The number of aliphatic hydroxyl groups excluding tert-OH is 1. The monoisotopic (exact) mass is 219 g/mol. The second-order valence-corrected chi connectivity index (χ2v) is 3.57. The summed E-state index contributed by atoms with van der Waals surface area (Å²) in [6.07, 6.45) is 1.56. The van der Waals surface area contributed by atoms with Gasteiger partial charge >= 0.3 is 0 Å². The molecule has 1 atom stereocenters. The van der Waals surface area contributed by atoms with Crippen molar-refractivity contribution in [3.63, 3.8) is 0 Å². The van der Waals surface area contributed by atoms with Crippen LogP contribution in [0, 0.1) is 6.92 Å². The van der Waals surface area contributed by atoms with E-state index >= 15 is 0 Å². The van der Waals surface area contributed by atoms with Crippen molar-refractivity contribution in [3.8, 4) is 11.5 Å². The van der Waals surface area contributed by atoms with Crippen molar-refractivity contribution in [1.29, 1.82) is 0 Å². The lowest BCUT2D eigenvalue weighted by atomic mass is 10.2. The van der Waals surface area contributed by atoms with Crippen LogP contribution in [-0.2, 0) is 0 Å². The maximum absolute atomic E-state index is 9.53. The molecule has 0 aliphatic rings. The molecule has 0 saturated heterocycles. The summed E-state index contributed by atoms with van der Waals surface area (Å²) in [5, 5.41) is 13.3. The van der Waals surface area contributed by atoms with Gasteiger partial charge in [0.1, 0.15) is 6.10 Å². The average molecular weight is 219 g/mol. The zero-order chi connectivity index (χ0) is 11.5. The van der Waals surface area contributed by atoms with Gasteiger partial charge in [0.2, 0.25) is 5.82 Å². The van der Waals surface area contributed by atoms with E-state index in [1.54, 1.807) is 6.20 Å². The van der Waals surface area contributed by atoms with Gasteiger partial charge in [0, 0.05) is 11.9 Å². The number of hydrogen-bond acceptors (Lipinski definition) is 5. The van der Waals surface area contributed by atoms with Crippen molar-refractivity contribution in [2.75, 3.05) is 0 Å². The van der Waals surface area contributed by atoms with Gasteiger partial charge in [-0.1, -0.05) is 12.1 Å². The highest BCUT2D eigenvalue weighted by atomic mass is 16.5. The van der Waals surface area contributed by atoms with Gasteiger partial charge in [-0.3, -0.25) is 4.98 Å². The van der Waals surface area contributed by atoms with Gasteiger partial charge in [-0.25, -0.2) is 0 Å². The van der Waals surface area contributed by atoms with Crippen LogP contribution in [0.5, 0.6) is 0 Å². The number of rotatable bonds is 3. The predicted molar refractivity (Wildman–Crippen MR) is 57.5 cm³/mol. The van der Waals surface area contributed by atoms with Gasteiger partial charge in [0.25, 0.3) is 5.89 Å². The summed E-state index contributed by atoms with van der Waals surface area (Å²) in [7, 11) is 0. The molecule has 5 heteroatoms. The number of nitrogens with zero attached hydrogens (tertiary/aromatic N) is 3. The molecule has 5 nitrogen and oxygen atoms in total. The van der Waals surface area contributed by atoms with E-state index in [0.717, 1.165) is 11.3 Å². The molecule has 0 amide bonds. The smallest absolute Gasteiger partial charge is 0.259 e. The lowest BCUT2D eigenvalue weighted by Gasteiger charge is -1.98. The van der Waals surface area contributed by atoms with Crippen molar-refractivity contribution < 1.29 is 9.63 Å². The van der Waals surface area contributed by atoms with Gasteiger partial charge in [-0.15, -0.1) is 0 Å². The summed E-state index contributed by atoms with van der Waals surface area (Å²) < 4.78 is 5.05. The molecule has 1 N–H and O–H groups in total. The number of aryl methyl sites for hydroxylation is 1. The Hall–Kier alpha value is -1.75. The Morgan fingerprint density at radius 2 is 2.25 bits per heavy atom. The second-order valence-electron chi connectivity index (χ2n) is 3.57. The molecule has 0 aliphatic carbocycles. The van der Waals surface area contributed by atoms with E-state index in [-0.39, 0.29) is 0 Å². The van der Waals surface area contributed by atoms with Crippen LogP contribution in [0.1, 0.15) is 31.0 Å². The summed E-state index contributed by atoms with van der Waals surface area (Å²) >= 11 is 0. The highest BCUT2D eigenvalue weighted by Crippen LogP contribution is 2.19. The van der Waals surface area contributed by atoms with E-state index in [4.69, 9.17) is 4.52 Å².